The zero-order valence-corrected chi connectivity index (χ0v) is 16.2. The number of hydrogen-bond acceptors (Lipinski definition) is 2. The number of hydrogen-bond donors (Lipinski definition) is 0. The van der Waals surface area contributed by atoms with Gasteiger partial charge in [0.05, 0.1) is 0 Å². The van der Waals surface area contributed by atoms with Crippen molar-refractivity contribution in [1.82, 2.24) is 0 Å². The van der Waals surface area contributed by atoms with Gasteiger partial charge < -0.3 is 0 Å². The molecule has 0 aliphatic heterocycles. The molecule has 0 saturated carbocycles. The molecule has 0 bridgehead atoms. The number of ketones is 2. The second kappa shape index (κ2) is 7.41. The number of rotatable bonds is 4. The predicted molar refractivity (Wildman–Crippen MR) is 121 cm³/mol. The van der Waals surface area contributed by atoms with Gasteiger partial charge in [0.2, 0.25) is 0 Å². The maximum absolute atomic E-state index is 13.7. The Morgan fingerprint density at radius 3 is 1.03 bits per heavy atom. The lowest BCUT2D eigenvalue weighted by Crippen LogP contribution is -2.13. The van der Waals surface area contributed by atoms with Crippen LogP contribution in [0.1, 0.15) is 31.8 Å². The maximum Gasteiger partial charge on any atom is 0.194 e. The minimum Gasteiger partial charge on any atom is -0.289 e. The van der Waals surface area contributed by atoms with Crippen LogP contribution in [-0.2, 0) is 0 Å². The molecule has 30 heavy (non-hydrogen) atoms. The van der Waals surface area contributed by atoms with Crippen molar-refractivity contribution < 1.29 is 9.59 Å². The average Bonchev–Trinajstić information content (AvgIpc) is 2.83. The van der Waals surface area contributed by atoms with E-state index in [9.17, 15) is 9.59 Å². The first-order valence-corrected chi connectivity index (χ1v) is 9.88. The second-order valence-corrected chi connectivity index (χ2v) is 7.23. The molecule has 0 aromatic heterocycles. The van der Waals surface area contributed by atoms with Crippen molar-refractivity contribution in [1.29, 1.82) is 0 Å². The Morgan fingerprint density at radius 2 is 0.667 bits per heavy atom. The molecule has 0 amide bonds. The third-order valence-corrected chi connectivity index (χ3v) is 5.46. The van der Waals surface area contributed by atoms with Gasteiger partial charge in [-0.15, -0.1) is 0 Å². The Hall–Kier alpha value is -4.04. The SMILES string of the molecule is O=C(c1ccccc1)c1c(C(=O)c2ccccc2)c2ccccc2c2ccccc12. The maximum atomic E-state index is 13.7. The van der Waals surface area contributed by atoms with Crippen LogP contribution < -0.4 is 0 Å². The van der Waals surface area contributed by atoms with Crippen LogP contribution in [-0.4, -0.2) is 11.6 Å². The van der Waals surface area contributed by atoms with E-state index in [1.807, 2.05) is 84.9 Å². The van der Waals surface area contributed by atoms with Gasteiger partial charge in [-0.3, -0.25) is 9.59 Å². The molecule has 0 spiro atoms. The molecule has 5 aromatic rings. The van der Waals surface area contributed by atoms with E-state index in [2.05, 4.69) is 0 Å². The molecule has 0 saturated heterocycles. The van der Waals surface area contributed by atoms with Gasteiger partial charge >= 0.3 is 0 Å². The van der Waals surface area contributed by atoms with Crippen LogP contribution in [0.25, 0.3) is 21.5 Å². The van der Waals surface area contributed by atoms with E-state index < -0.39 is 0 Å². The first kappa shape index (κ1) is 18.0. The molecule has 0 heterocycles. The molecular formula is C28H18O2. The van der Waals surface area contributed by atoms with Crippen molar-refractivity contribution in [2.75, 3.05) is 0 Å². The molecule has 142 valence electrons. The molecule has 2 heteroatoms. The highest BCUT2D eigenvalue weighted by Gasteiger charge is 2.25. The van der Waals surface area contributed by atoms with E-state index >= 15 is 0 Å². The molecule has 5 aromatic carbocycles. The van der Waals surface area contributed by atoms with Crippen LogP contribution in [0.4, 0.5) is 0 Å². The summed E-state index contributed by atoms with van der Waals surface area (Å²) in [7, 11) is 0. The van der Waals surface area contributed by atoms with Crippen molar-refractivity contribution in [2.24, 2.45) is 0 Å². The second-order valence-electron chi connectivity index (χ2n) is 7.23. The van der Waals surface area contributed by atoms with Crippen molar-refractivity contribution in [3.05, 3.63) is 131 Å². The average molecular weight is 386 g/mol. The Labute approximate surface area is 174 Å². The number of fused-ring (bicyclic) bond motifs is 3. The summed E-state index contributed by atoms with van der Waals surface area (Å²) < 4.78 is 0. The van der Waals surface area contributed by atoms with Crippen LogP contribution in [0, 0.1) is 0 Å². The summed E-state index contributed by atoms with van der Waals surface area (Å²) in [4.78, 5) is 27.4. The standard InChI is InChI=1S/C28H18O2/c29-27(19-11-3-1-4-12-19)25-23-17-9-7-15-21(23)22-16-8-10-18-24(22)26(25)28(30)20-13-5-2-6-14-20/h1-18H. The minimum atomic E-state index is -0.142. The topological polar surface area (TPSA) is 34.1 Å². The minimum absolute atomic E-state index is 0.142. The Bertz CT molecular complexity index is 1290. The fourth-order valence-corrected chi connectivity index (χ4v) is 4.08. The molecule has 5 rings (SSSR count). The molecule has 0 unspecified atom stereocenters. The lowest BCUT2D eigenvalue weighted by atomic mass is 9.84. The fraction of sp³-hybridized carbons (Fsp3) is 0. The molecule has 0 radical (unpaired) electrons. The summed E-state index contributed by atoms with van der Waals surface area (Å²) in [5.41, 5.74) is 2.06. The van der Waals surface area contributed by atoms with Crippen LogP contribution in [0.2, 0.25) is 0 Å². The van der Waals surface area contributed by atoms with Gasteiger partial charge in [-0.25, -0.2) is 0 Å². The molecule has 0 atom stereocenters. The van der Waals surface area contributed by atoms with Gasteiger partial charge in [0.15, 0.2) is 11.6 Å². The highest BCUT2D eigenvalue weighted by Crippen LogP contribution is 2.35. The first-order valence-electron chi connectivity index (χ1n) is 9.88. The smallest absolute Gasteiger partial charge is 0.194 e. The van der Waals surface area contributed by atoms with E-state index in [1.165, 1.54) is 0 Å². The molecule has 0 fully saturated rings. The molecule has 2 nitrogen and oxygen atoms in total. The van der Waals surface area contributed by atoms with Gasteiger partial charge in [-0.2, -0.15) is 0 Å². The van der Waals surface area contributed by atoms with E-state index in [-0.39, 0.29) is 11.6 Å². The van der Waals surface area contributed by atoms with Gasteiger partial charge in [-0.05, 0) is 21.5 Å². The van der Waals surface area contributed by atoms with Gasteiger partial charge in [-0.1, -0.05) is 109 Å². The van der Waals surface area contributed by atoms with Crippen molar-refractivity contribution in [2.45, 2.75) is 0 Å². The Kier molecular flexibility index (Phi) is 4.45. The monoisotopic (exact) mass is 386 g/mol. The van der Waals surface area contributed by atoms with Crippen molar-refractivity contribution >= 4 is 33.1 Å². The summed E-state index contributed by atoms with van der Waals surface area (Å²) in [6, 6.07) is 33.9. The normalized spacial score (nSPS) is 10.9. The van der Waals surface area contributed by atoms with Crippen LogP contribution in [0.15, 0.2) is 109 Å². The van der Waals surface area contributed by atoms with Crippen LogP contribution in [0.5, 0.6) is 0 Å². The third kappa shape index (κ3) is 2.90. The molecule has 0 N–H and O–H groups in total. The summed E-state index contributed by atoms with van der Waals surface area (Å²) in [6.45, 7) is 0. The quantitative estimate of drug-likeness (QED) is 0.262. The summed E-state index contributed by atoms with van der Waals surface area (Å²) in [6.07, 6.45) is 0. The van der Waals surface area contributed by atoms with Gasteiger partial charge in [0.25, 0.3) is 0 Å². The lowest BCUT2D eigenvalue weighted by molar-refractivity contribution is 0.101. The predicted octanol–water partition coefficient (Wildman–Crippen LogP) is 6.46. The Balaban J connectivity index is 1.93. The highest BCUT2D eigenvalue weighted by atomic mass is 16.1. The number of benzene rings is 5. The summed E-state index contributed by atoms with van der Waals surface area (Å²) in [5.74, 6) is -0.284. The van der Waals surface area contributed by atoms with E-state index in [0.717, 1.165) is 21.5 Å². The third-order valence-electron chi connectivity index (χ3n) is 5.46. The summed E-state index contributed by atoms with van der Waals surface area (Å²) >= 11 is 0. The van der Waals surface area contributed by atoms with E-state index in [1.54, 1.807) is 24.3 Å². The van der Waals surface area contributed by atoms with Crippen molar-refractivity contribution in [3.63, 3.8) is 0 Å². The molecular weight excluding hydrogens is 368 g/mol. The van der Waals surface area contributed by atoms with Gasteiger partial charge in [0, 0.05) is 22.3 Å². The van der Waals surface area contributed by atoms with Crippen molar-refractivity contribution in [3.8, 4) is 0 Å². The lowest BCUT2D eigenvalue weighted by Gasteiger charge is -2.16. The fourth-order valence-electron chi connectivity index (χ4n) is 4.08. The van der Waals surface area contributed by atoms with Gasteiger partial charge in [0.1, 0.15) is 0 Å². The largest absolute Gasteiger partial charge is 0.289 e. The van der Waals surface area contributed by atoms with Crippen LogP contribution >= 0.6 is 0 Å². The van der Waals surface area contributed by atoms with E-state index in [4.69, 9.17) is 0 Å². The zero-order valence-electron chi connectivity index (χ0n) is 16.2. The number of carbonyl (C=O) groups is 2. The molecule has 0 aliphatic rings. The number of carbonyl (C=O) groups excluding carboxylic acids is 2. The first-order chi connectivity index (χ1) is 14.8. The molecule has 0 aliphatic carbocycles. The highest BCUT2D eigenvalue weighted by molar-refractivity contribution is 6.32. The van der Waals surface area contributed by atoms with E-state index in [0.29, 0.717) is 22.3 Å². The summed E-state index contributed by atoms with van der Waals surface area (Å²) in [5, 5.41) is 3.53. The Morgan fingerprint density at radius 1 is 0.367 bits per heavy atom. The zero-order chi connectivity index (χ0) is 20.5. The van der Waals surface area contributed by atoms with Crippen LogP contribution in [0.3, 0.4) is 0 Å².